The van der Waals surface area contributed by atoms with E-state index in [0.29, 0.717) is 0 Å². The van der Waals surface area contributed by atoms with Crippen molar-refractivity contribution in [3.8, 4) is 0 Å². The number of nitrogens with two attached hydrogens (primary N) is 2. The van der Waals surface area contributed by atoms with Crippen LogP contribution < -0.4 is 22.3 Å². The van der Waals surface area contributed by atoms with Gasteiger partial charge in [0, 0.05) is 9.75 Å². The highest BCUT2D eigenvalue weighted by Crippen LogP contribution is 2.04. The summed E-state index contributed by atoms with van der Waals surface area (Å²) >= 11 is 12.3. The first-order valence-electron chi connectivity index (χ1n) is 5.82. The van der Waals surface area contributed by atoms with Crippen LogP contribution in [0.15, 0.2) is 45.2 Å². The van der Waals surface area contributed by atoms with Gasteiger partial charge in [-0.25, -0.2) is 0 Å². The normalized spacial score (nSPS) is 10.2. The fraction of sp³-hybridized carbons (Fsp3) is 0. The Balaban J connectivity index is 0.000000220. The summed E-state index contributed by atoms with van der Waals surface area (Å²) in [6.45, 7) is 0. The molecule has 0 bridgehead atoms. The molecular formula is C12H14N6S4. The summed E-state index contributed by atoms with van der Waals surface area (Å²) in [6.07, 6.45) is 3.34. The molecule has 0 amide bonds. The maximum absolute atomic E-state index is 5.14. The molecule has 0 aliphatic carbocycles. The number of hydrogen-bond donors (Lipinski definition) is 4. The van der Waals surface area contributed by atoms with E-state index < -0.39 is 0 Å². The van der Waals surface area contributed by atoms with Crippen molar-refractivity contribution in [2.24, 2.45) is 21.7 Å². The van der Waals surface area contributed by atoms with E-state index in [-0.39, 0.29) is 10.2 Å². The lowest BCUT2D eigenvalue weighted by Crippen LogP contribution is -2.23. The Labute approximate surface area is 146 Å². The molecule has 22 heavy (non-hydrogen) atoms. The third-order valence-electron chi connectivity index (χ3n) is 1.82. The van der Waals surface area contributed by atoms with E-state index in [2.05, 4.69) is 45.5 Å². The lowest BCUT2D eigenvalue weighted by Gasteiger charge is -1.91. The average Bonchev–Trinajstić information content (AvgIpc) is 3.11. The van der Waals surface area contributed by atoms with Crippen LogP contribution in [0.25, 0.3) is 0 Å². The minimum absolute atomic E-state index is 0.179. The van der Waals surface area contributed by atoms with Crippen LogP contribution in [0.2, 0.25) is 0 Å². The van der Waals surface area contributed by atoms with Gasteiger partial charge in [0.2, 0.25) is 0 Å². The van der Waals surface area contributed by atoms with Crippen molar-refractivity contribution in [3.05, 3.63) is 44.8 Å². The maximum atomic E-state index is 5.14. The summed E-state index contributed by atoms with van der Waals surface area (Å²) in [7, 11) is 0. The molecule has 6 N–H and O–H groups in total. The van der Waals surface area contributed by atoms with Crippen LogP contribution in [0.4, 0.5) is 0 Å². The van der Waals surface area contributed by atoms with Crippen LogP contribution in [-0.4, -0.2) is 22.7 Å². The van der Waals surface area contributed by atoms with Gasteiger partial charge in [-0.3, -0.25) is 10.9 Å². The van der Waals surface area contributed by atoms with E-state index in [4.69, 9.17) is 11.5 Å². The minimum atomic E-state index is 0.179. The minimum Gasteiger partial charge on any atom is -0.375 e. The Morgan fingerprint density at radius 3 is 1.59 bits per heavy atom. The molecule has 0 aliphatic heterocycles. The molecule has 6 nitrogen and oxygen atoms in total. The molecule has 0 atom stereocenters. The van der Waals surface area contributed by atoms with Crippen LogP contribution in [0.1, 0.15) is 9.75 Å². The average molecular weight is 371 g/mol. The Bertz CT molecular complexity index is 562. The quantitative estimate of drug-likeness (QED) is 0.372. The molecule has 0 spiro atoms. The van der Waals surface area contributed by atoms with Crippen molar-refractivity contribution in [2.45, 2.75) is 0 Å². The Morgan fingerprint density at radius 2 is 1.32 bits per heavy atom. The van der Waals surface area contributed by atoms with Crippen LogP contribution in [0, 0.1) is 0 Å². The molecule has 10 heteroatoms. The Hall–Kier alpha value is -1.88. The van der Waals surface area contributed by atoms with Gasteiger partial charge in [0.1, 0.15) is 0 Å². The Morgan fingerprint density at radius 1 is 0.909 bits per heavy atom. The lowest BCUT2D eigenvalue weighted by atomic mass is 10.5. The van der Waals surface area contributed by atoms with Gasteiger partial charge in [0.25, 0.3) is 0 Å². The molecule has 0 fully saturated rings. The largest absolute Gasteiger partial charge is 0.375 e. The van der Waals surface area contributed by atoms with Crippen LogP contribution in [0.5, 0.6) is 0 Å². The molecular weight excluding hydrogens is 356 g/mol. The lowest BCUT2D eigenvalue weighted by molar-refractivity contribution is 1.04. The second-order valence-corrected chi connectivity index (χ2v) is 6.34. The first kappa shape index (κ1) is 18.2. The molecule has 0 aliphatic rings. The van der Waals surface area contributed by atoms with E-state index in [1.807, 2.05) is 35.0 Å². The fourth-order valence-electron chi connectivity index (χ4n) is 1.05. The second kappa shape index (κ2) is 10.8. The van der Waals surface area contributed by atoms with Crippen LogP contribution in [0.3, 0.4) is 0 Å². The van der Waals surface area contributed by atoms with E-state index in [0.717, 1.165) is 9.75 Å². The zero-order valence-corrected chi connectivity index (χ0v) is 14.6. The number of nitrogens with zero attached hydrogens (tertiary/aromatic N) is 2. The number of thiophene rings is 2. The van der Waals surface area contributed by atoms with Gasteiger partial charge >= 0.3 is 0 Å². The second-order valence-electron chi connectivity index (χ2n) is 3.50. The topological polar surface area (TPSA) is 101 Å². The monoisotopic (exact) mass is 370 g/mol. The molecule has 0 aromatic carbocycles. The van der Waals surface area contributed by atoms with E-state index in [1.54, 1.807) is 35.1 Å². The summed E-state index contributed by atoms with van der Waals surface area (Å²) in [6, 6.07) is 7.81. The van der Waals surface area contributed by atoms with Gasteiger partial charge in [0.05, 0.1) is 12.4 Å². The molecule has 0 radical (unpaired) electrons. The summed E-state index contributed by atoms with van der Waals surface area (Å²) < 4.78 is 0. The van der Waals surface area contributed by atoms with E-state index in [9.17, 15) is 0 Å². The molecule has 2 aromatic rings. The summed E-state index contributed by atoms with van der Waals surface area (Å²) in [5.74, 6) is 0. The molecule has 2 rings (SSSR count). The number of rotatable bonds is 4. The molecule has 0 saturated heterocycles. The number of nitrogens with one attached hydrogen (secondary N) is 2. The van der Waals surface area contributed by atoms with Crippen molar-refractivity contribution in [1.29, 1.82) is 0 Å². The third-order valence-corrected chi connectivity index (χ3v) is 3.62. The van der Waals surface area contributed by atoms with E-state index >= 15 is 0 Å². The Kier molecular flexibility index (Phi) is 8.91. The zero-order chi connectivity index (χ0) is 16.2. The summed E-state index contributed by atoms with van der Waals surface area (Å²) in [5, 5.41) is 11.9. The fourth-order valence-corrected chi connectivity index (χ4v) is 2.32. The van der Waals surface area contributed by atoms with Gasteiger partial charge in [0.15, 0.2) is 10.2 Å². The predicted octanol–water partition coefficient (Wildman–Crippen LogP) is 1.83. The number of thiocarbonyl (C=S) groups is 2. The van der Waals surface area contributed by atoms with Gasteiger partial charge < -0.3 is 11.5 Å². The van der Waals surface area contributed by atoms with Crippen molar-refractivity contribution in [3.63, 3.8) is 0 Å². The molecule has 0 saturated carbocycles. The van der Waals surface area contributed by atoms with Crippen LogP contribution >= 0.6 is 47.1 Å². The highest BCUT2D eigenvalue weighted by Gasteiger charge is 1.86. The number of hydrogen-bond acceptors (Lipinski definition) is 6. The molecule has 2 heterocycles. The molecule has 0 unspecified atom stereocenters. The summed E-state index contributed by atoms with van der Waals surface area (Å²) in [4.78, 5) is 2.13. The van der Waals surface area contributed by atoms with Gasteiger partial charge in [-0.1, -0.05) is 12.1 Å². The molecule has 116 valence electrons. The first-order valence-corrected chi connectivity index (χ1v) is 8.39. The molecule has 2 aromatic heterocycles. The highest BCUT2D eigenvalue weighted by atomic mass is 32.1. The number of hydrazone groups is 2. The zero-order valence-electron chi connectivity index (χ0n) is 11.3. The first-order chi connectivity index (χ1) is 10.6. The standard InChI is InChI=1S/2C6H7N3S2/c2*7-6(10)9-8-4-5-2-1-3-11-5/h2*1-4H,(H3,7,9,10)/b2*8-4+. The van der Waals surface area contributed by atoms with Gasteiger partial charge in [-0.2, -0.15) is 10.2 Å². The predicted molar refractivity (Wildman–Crippen MR) is 104 cm³/mol. The van der Waals surface area contributed by atoms with Gasteiger partial charge in [-0.05, 0) is 47.3 Å². The van der Waals surface area contributed by atoms with Crippen molar-refractivity contribution >= 4 is 69.8 Å². The highest BCUT2D eigenvalue weighted by molar-refractivity contribution is 7.80. The smallest absolute Gasteiger partial charge is 0.184 e. The maximum Gasteiger partial charge on any atom is 0.184 e. The van der Waals surface area contributed by atoms with Crippen molar-refractivity contribution < 1.29 is 0 Å². The van der Waals surface area contributed by atoms with E-state index in [1.165, 1.54) is 0 Å². The van der Waals surface area contributed by atoms with Crippen LogP contribution in [-0.2, 0) is 0 Å². The third kappa shape index (κ3) is 9.13. The van der Waals surface area contributed by atoms with Crippen molar-refractivity contribution in [2.75, 3.05) is 0 Å². The SMILES string of the molecule is NC(=S)N/N=C/c1cccs1.NC(=S)N/N=C/c1cccs1. The van der Waals surface area contributed by atoms with Crippen molar-refractivity contribution in [1.82, 2.24) is 10.9 Å². The summed E-state index contributed by atoms with van der Waals surface area (Å²) in [5.41, 5.74) is 15.2. The van der Waals surface area contributed by atoms with Gasteiger partial charge in [-0.15, -0.1) is 22.7 Å².